The zero-order chi connectivity index (χ0) is 14.5. The minimum atomic E-state index is -1.00. The van der Waals surface area contributed by atoms with E-state index in [0.717, 1.165) is 12.8 Å². The molecule has 2 aliphatic rings. The molecule has 114 valence electrons. The highest BCUT2D eigenvalue weighted by Crippen LogP contribution is 2.22. The number of morpholine rings is 1. The highest BCUT2D eigenvalue weighted by Gasteiger charge is 2.32. The van der Waals surface area contributed by atoms with E-state index >= 15 is 0 Å². The monoisotopic (exact) mass is 284 g/mol. The van der Waals surface area contributed by atoms with Crippen LogP contribution in [0.25, 0.3) is 0 Å². The molecular weight excluding hydrogens is 260 g/mol. The predicted octanol–water partition coefficient (Wildman–Crippen LogP) is 1.55. The molecule has 0 aromatic rings. The number of ether oxygens (including phenoxy) is 1. The van der Waals surface area contributed by atoms with Gasteiger partial charge in [-0.15, -0.1) is 0 Å². The van der Waals surface area contributed by atoms with Gasteiger partial charge in [-0.3, -0.25) is 0 Å². The van der Waals surface area contributed by atoms with Crippen molar-refractivity contribution in [3.8, 4) is 0 Å². The number of hydrogen-bond donors (Lipinski definition) is 1. The van der Waals surface area contributed by atoms with Crippen LogP contribution in [-0.2, 0) is 9.53 Å². The predicted molar refractivity (Wildman–Crippen MR) is 73.6 cm³/mol. The van der Waals surface area contributed by atoms with Crippen molar-refractivity contribution in [2.24, 2.45) is 0 Å². The van der Waals surface area contributed by atoms with Crippen LogP contribution in [0.15, 0.2) is 0 Å². The third-order valence-corrected chi connectivity index (χ3v) is 4.29. The lowest BCUT2D eigenvalue weighted by molar-refractivity contribution is -0.154. The summed E-state index contributed by atoms with van der Waals surface area (Å²) in [7, 11) is 1.84. The molecule has 1 saturated carbocycles. The number of amides is 2. The Labute approximate surface area is 119 Å². The molecule has 0 radical (unpaired) electrons. The largest absolute Gasteiger partial charge is 0.479 e. The van der Waals surface area contributed by atoms with Crippen LogP contribution in [0.2, 0.25) is 0 Å². The topological polar surface area (TPSA) is 70.1 Å². The fraction of sp³-hybridized carbons (Fsp3) is 0.857. The van der Waals surface area contributed by atoms with Crippen LogP contribution < -0.4 is 0 Å². The molecule has 6 heteroatoms. The van der Waals surface area contributed by atoms with E-state index in [4.69, 9.17) is 9.84 Å². The maximum Gasteiger partial charge on any atom is 0.334 e. The van der Waals surface area contributed by atoms with Crippen molar-refractivity contribution in [3.05, 3.63) is 0 Å². The van der Waals surface area contributed by atoms with Crippen molar-refractivity contribution < 1.29 is 19.4 Å². The Morgan fingerprint density at radius 3 is 2.45 bits per heavy atom. The molecule has 1 aliphatic heterocycles. The number of nitrogens with zero attached hydrogens (tertiary/aromatic N) is 2. The van der Waals surface area contributed by atoms with Crippen molar-refractivity contribution >= 4 is 12.0 Å². The van der Waals surface area contributed by atoms with Crippen molar-refractivity contribution in [1.82, 2.24) is 9.80 Å². The quantitative estimate of drug-likeness (QED) is 0.781. The van der Waals surface area contributed by atoms with E-state index in [0.29, 0.717) is 13.2 Å². The molecule has 20 heavy (non-hydrogen) atoms. The van der Waals surface area contributed by atoms with E-state index < -0.39 is 12.1 Å². The highest BCUT2D eigenvalue weighted by atomic mass is 16.5. The van der Waals surface area contributed by atoms with E-state index in [1.807, 2.05) is 7.05 Å². The molecular formula is C14H24N2O4. The van der Waals surface area contributed by atoms with Gasteiger partial charge in [-0.05, 0) is 12.8 Å². The maximum absolute atomic E-state index is 12.5. The van der Waals surface area contributed by atoms with Gasteiger partial charge >= 0.3 is 12.0 Å². The lowest BCUT2D eigenvalue weighted by atomic mass is 10.1. The normalized spacial score (nSPS) is 25.1. The van der Waals surface area contributed by atoms with Gasteiger partial charge in [0.05, 0.1) is 13.2 Å². The molecule has 2 fully saturated rings. The Balaban J connectivity index is 1.93. The smallest absolute Gasteiger partial charge is 0.334 e. The van der Waals surface area contributed by atoms with E-state index in [9.17, 15) is 9.59 Å². The van der Waals surface area contributed by atoms with Gasteiger partial charge in [0.25, 0.3) is 0 Å². The third kappa shape index (κ3) is 3.62. The highest BCUT2D eigenvalue weighted by molar-refractivity contribution is 5.77. The Kier molecular flexibility index (Phi) is 5.23. The van der Waals surface area contributed by atoms with E-state index in [1.165, 1.54) is 25.7 Å². The van der Waals surface area contributed by atoms with Crippen LogP contribution in [0.3, 0.4) is 0 Å². The number of carboxylic acid groups (broad SMARTS) is 1. The first-order chi connectivity index (χ1) is 9.59. The molecule has 0 bridgehead atoms. The standard InChI is InChI=1S/C14H24N2O4/c1-15(11-6-4-2-3-5-7-11)14(19)16-8-9-20-12(10-16)13(17)18/h11-12H,2-10H2,1H3,(H,17,18). The van der Waals surface area contributed by atoms with Gasteiger partial charge in [0.2, 0.25) is 0 Å². The van der Waals surface area contributed by atoms with Gasteiger partial charge in [0, 0.05) is 19.6 Å². The summed E-state index contributed by atoms with van der Waals surface area (Å²) in [5, 5.41) is 8.99. The molecule has 0 aromatic carbocycles. The molecule has 1 heterocycles. The van der Waals surface area contributed by atoms with Crippen molar-refractivity contribution in [1.29, 1.82) is 0 Å². The van der Waals surface area contributed by atoms with Crippen LogP contribution in [0, 0.1) is 0 Å². The number of aliphatic carboxylic acids is 1. The second-order valence-corrected chi connectivity index (χ2v) is 5.68. The minimum Gasteiger partial charge on any atom is -0.479 e. The number of hydrogen-bond acceptors (Lipinski definition) is 3. The van der Waals surface area contributed by atoms with Crippen LogP contribution in [0.4, 0.5) is 4.79 Å². The third-order valence-electron chi connectivity index (χ3n) is 4.29. The number of carbonyl (C=O) groups is 2. The SMILES string of the molecule is CN(C(=O)N1CCOC(C(=O)O)C1)C1CCCCCC1. The Morgan fingerprint density at radius 1 is 1.20 bits per heavy atom. The molecule has 1 saturated heterocycles. The summed E-state index contributed by atoms with van der Waals surface area (Å²) in [6.45, 7) is 0.909. The van der Waals surface area contributed by atoms with Crippen molar-refractivity contribution in [3.63, 3.8) is 0 Å². The number of urea groups is 1. The average molecular weight is 284 g/mol. The second kappa shape index (κ2) is 6.92. The molecule has 1 atom stereocenters. The molecule has 2 rings (SSSR count). The minimum absolute atomic E-state index is 0.0635. The molecule has 1 unspecified atom stereocenters. The number of rotatable bonds is 2. The van der Waals surface area contributed by atoms with Crippen LogP contribution in [0.1, 0.15) is 38.5 Å². The number of carboxylic acids is 1. The van der Waals surface area contributed by atoms with Gasteiger partial charge in [0.1, 0.15) is 0 Å². The first-order valence-electron chi connectivity index (χ1n) is 7.45. The lowest BCUT2D eigenvalue weighted by Crippen LogP contribution is -2.53. The summed E-state index contributed by atoms with van der Waals surface area (Å²) in [5.74, 6) is -1.00. The summed E-state index contributed by atoms with van der Waals surface area (Å²) < 4.78 is 5.15. The summed E-state index contributed by atoms with van der Waals surface area (Å²) in [6.07, 6.45) is 6.04. The lowest BCUT2D eigenvalue weighted by Gasteiger charge is -2.36. The summed E-state index contributed by atoms with van der Waals surface area (Å²) in [4.78, 5) is 26.8. The van der Waals surface area contributed by atoms with Gasteiger partial charge < -0.3 is 19.6 Å². The zero-order valence-electron chi connectivity index (χ0n) is 12.1. The first-order valence-corrected chi connectivity index (χ1v) is 7.45. The maximum atomic E-state index is 12.5. The molecule has 0 aromatic heterocycles. The van der Waals surface area contributed by atoms with E-state index in [1.54, 1.807) is 9.80 Å². The van der Waals surface area contributed by atoms with Crippen LogP contribution >= 0.6 is 0 Å². The van der Waals surface area contributed by atoms with Crippen LogP contribution in [-0.4, -0.2) is 65.8 Å². The molecule has 0 spiro atoms. The second-order valence-electron chi connectivity index (χ2n) is 5.68. The Bertz CT molecular complexity index is 353. The molecule has 2 amide bonds. The van der Waals surface area contributed by atoms with E-state index in [-0.39, 0.29) is 18.6 Å². The van der Waals surface area contributed by atoms with Gasteiger partial charge in [-0.1, -0.05) is 25.7 Å². The molecule has 1 aliphatic carbocycles. The first kappa shape index (κ1) is 15.1. The molecule has 6 nitrogen and oxygen atoms in total. The van der Waals surface area contributed by atoms with Gasteiger partial charge in [0.15, 0.2) is 6.10 Å². The fourth-order valence-corrected chi connectivity index (χ4v) is 3.00. The Hall–Kier alpha value is -1.30. The summed E-state index contributed by atoms with van der Waals surface area (Å²) in [5.41, 5.74) is 0. The van der Waals surface area contributed by atoms with Gasteiger partial charge in [-0.2, -0.15) is 0 Å². The van der Waals surface area contributed by atoms with E-state index in [2.05, 4.69) is 0 Å². The molecule has 1 N–H and O–H groups in total. The number of carbonyl (C=O) groups excluding carboxylic acids is 1. The zero-order valence-corrected chi connectivity index (χ0v) is 12.1. The van der Waals surface area contributed by atoms with Gasteiger partial charge in [-0.25, -0.2) is 9.59 Å². The summed E-state index contributed by atoms with van der Waals surface area (Å²) in [6, 6.07) is 0.225. The van der Waals surface area contributed by atoms with Crippen molar-refractivity contribution in [2.75, 3.05) is 26.7 Å². The Morgan fingerprint density at radius 2 is 1.85 bits per heavy atom. The van der Waals surface area contributed by atoms with Crippen molar-refractivity contribution in [2.45, 2.75) is 50.7 Å². The summed E-state index contributed by atoms with van der Waals surface area (Å²) >= 11 is 0. The fourth-order valence-electron chi connectivity index (χ4n) is 3.00. The van der Waals surface area contributed by atoms with Crippen LogP contribution in [0.5, 0.6) is 0 Å². The average Bonchev–Trinajstić information content (AvgIpc) is 2.75.